The van der Waals surface area contributed by atoms with Crippen molar-refractivity contribution in [2.75, 3.05) is 38.1 Å². The molecule has 0 saturated carbocycles. The first-order chi connectivity index (χ1) is 14.7. The molecule has 4 rings (SSSR count). The van der Waals surface area contributed by atoms with Crippen molar-refractivity contribution in [2.45, 2.75) is 20.0 Å². The zero-order valence-corrected chi connectivity index (χ0v) is 17.8. The van der Waals surface area contributed by atoms with Crippen molar-refractivity contribution >= 4 is 11.6 Å². The minimum atomic E-state index is 0.657. The zero-order valence-electron chi connectivity index (χ0n) is 17.8. The fourth-order valence-corrected chi connectivity index (χ4v) is 3.92. The van der Waals surface area contributed by atoms with Crippen molar-refractivity contribution in [2.24, 2.45) is 4.99 Å². The van der Waals surface area contributed by atoms with Crippen LogP contribution in [0.3, 0.4) is 0 Å². The average molecular weight is 403 g/mol. The van der Waals surface area contributed by atoms with Gasteiger partial charge in [-0.2, -0.15) is 0 Å². The van der Waals surface area contributed by atoms with E-state index in [9.17, 15) is 0 Å². The Morgan fingerprint density at radius 1 is 1.03 bits per heavy atom. The zero-order chi connectivity index (χ0) is 20.8. The van der Waals surface area contributed by atoms with Crippen LogP contribution >= 0.6 is 0 Å². The van der Waals surface area contributed by atoms with Crippen LogP contribution in [0, 0.1) is 6.92 Å². The van der Waals surface area contributed by atoms with Crippen LogP contribution < -0.4 is 10.2 Å². The number of nitrogens with zero attached hydrogens (tertiary/aromatic N) is 5. The van der Waals surface area contributed by atoms with Gasteiger partial charge in [-0.15, -0.1) is 0 Å². The quantitative estimate of drug-likeness (QED) is 0.526. The first kappa shape index (κ1) is 20.0. The number of hydrogen-bond acceptors (Lipinski definition) is 3. The maximum absolute atomic E-state index is 4.54. The smallest absolute Gasteiger partial charge is 0.194 e. The molecular formula is C24H30N6. The largest absolute Gasteiger partial charge is 0.368 e. The molecule has 0 atom stereocenters. The third kappa shape index (κ3) is 4.82. The number of nitrogens with one attached hydrogen (secondary N) is 1. The average Bonchev–Trinajstić information content (AvgIpc) is 3.22. The Balaban J connectivity index is 1.33. The van der Waals surface area contributed by atoms with Gasteiger partial charge in [-0.1, -0.05) is 42.5 Å². The molecule has 1 aliphatic heterocycles. The molecule has 0 spiro atoms. The number of anilines is 1. The van der Waals surface area contributed by atoms with Crippen LogP contribution in [0.2, 0.25) is 0 Å². The van der Waals surface area contributed by atoms with E-state index in [1.165, 1.54) is 16.8 Å². The number of rotatable bonds is 5. The van der Waals surface area contributed by atoms with E-state index in [0.717, 1.165) is 44.5 Å². The summed E-state index contributed by atoms with van der Waals surface area (Å²) in [6.45, 7) is 7.52. The van der Waals surface area contributed by atoms with Gasteiger partial charge >= 0.3 is 0 Å². The number of aliphatic imine (C=N–C) groups is 1. The highest BCUT2D eigenvalue weighted by atomic mass is 15.3. The van der Waals surface area contributed by atoms with Gasteiger partial charge in [0.1, 0.15) is 5.82 Å². The lowest BCUT2D eigenvalue weighted by Gasteiger charge is -2.37. The van der Waals surface area contributed by atoms with Crippen molar-refractivity contribution in [1.82, 2.24) is 19.8 Å². The lowest BCUT2D eigenvalue weighted by Crippen LogP contribution is -2.52. The molecule has 0 amide bonds. The van der Waals surface area contributed by atoms with Gasteiger partial charge in [0, 0.05) is 57.9 Å². The van der Waals surface area contributed by atoms with E-state index in [1.807, 2.05) is 25.5 Å². The standard InChI is InChI=1S/C24H30N6/c1-20-7-6-10-22(17-20)28-13-15-29(16-14-28)24(25-2)27-18-23-26-11-12-30(23)19-21-8-4-3-5-9-21/h3-12,17H,13-16,18-19H2,1-2H3,(H,25,27). The van der Waals surface area contributed by atoms with Crippen molar-refractivity contribution in [1.29, 1.82) is 0 Å². The topological polar surface area (TPSA) is 48.7 Å². The Hall–Kier alpha value is -3.28. The Labute approximate surface area is 178 Å². The highest BCUT2D eigenvalue weighted by Gasteiger charge is 2.20. The van der Waals surface area contributed by atoms with Gasteiger partial charge in [0.2, 0.25) is 0 Å². The van der Waals surface area contributed by atoms with E-state index in [4.69, 9.17) is 0 Å². The summed E-state index contributed by atoms with van der Waals surface area (Å²) in [5.74, 6) is 1.95. The molecule has 0 radical (unpaired) electrons. The number of benzene rings is 2. The molecule has 1 aliphatic rings. The number of hydrogen-bond donors (Lipinski definition) is 1. The minimum absolute atomic E-state index is 0.657. The predicted octanol–water partition coefficient (Wildman–Crippen LogP) is 3.14. The minimum Gasteiger partial charge on any atom is -0.368 e. The number of guanidine groups is 1. The first-order valence-electron chi connectivity index (χ1n) is 10.5. The molecule has 6 heteroatoms. The summed E-state index contributed by atoms with van der Waals surface area (Å²) in [7, 11) is 1.85. The fourth-order valence-electron chi connectivity index (χ4n) is 3.92. The summed E-state index contributed by atoms with van der Waals surface area (Å²) >= 11 is 0. The highest BCUT2D eigenvalue weighted by molar-refractivity contribution is 5.80. The van der Waals surface area contributed by atoms with Gasteiger partial charge in [-0.3, -0.25) is 4.99 Å². The van der Waals surface area contributed by atoms with Crippen LogP contribution in [0.15, 0.2) is 72.0 Å². The Morgan fingerprint density at radius 2 is 1.83 bits per heavy atom. The SMILES string of the molecule is CN=C(NCc1nccn1Cc1ccccc1)N1CCN(c2cccc(C)c2)CC1. The molecule has 0 unspecified atom stereocenters. The Bertz CT molecular complexity index is 970. The van der Waals surface area contributed by atoms with Crippen LogP contribution in [-0.4, -0.2) is 53.6 Å². The fraction of sp³-hybridized carbons (Fsp3) is 0.333. The molecule has 1 N–H and O–H groups in total. The van der Waals surface area contributed by atoms with Crippen LogP contribution in [0.5, 0.6) is 0 Å². The van der Waals surface area contributed by atoms with E-state index in [2.05, 4.69) is 85.1 Å². The summed E-state index contributed by atoms with van der Waals surface area (Å²) in [5.41, 5.74) is 3.88. The van der Waals surface area contributed by atoms with Crippen LogP contribution in [0.4, 0.5) is 5.69 Å². The third-order valence-electron chi connectivity index (χ3n) is 5.56. The third-order valence-corrected chi connectivity index (χ3v) is 5.56. The van der Waals surface area contributed by atoms with Crippen LogP contribution in [0.25, 0.3) is 0 Å². The molecule has 2 aromatic carbocycles. The van der Waals surface area contributed by atoms with Gasteiger partial charge < -0.3 is 19.7 Å². The Morgan fingerprint density at radius 3 is 2.57 bits per heavy atom. The van der Waals surface area contributed by atoms with Gasteiger partial charge in [-0.05, 0) is 30.2 Å². The molecule has 2 heterocycles. The number of aryl methyl sites for hydroxylation is 1. The molecule has 30 heavy (non-hydrogen) atoms. The second-order valence-corrected chi connectivity index (χ2v) is 7.67. The van der Waals surface area contributed by atoms with Crippen LogP contribution in [0.1, 0.15) is 17.0 Å². The lowest BCUT2D eigenvalue weighted by molar-refractivity contribution is 0.371. The predicted molar refractivity (Wildman–Crippen MR) is 123 cm³/mol. The second kappa shape index (κ2) is 9.48. The maximum atomic E-state index is 4.54. The summed E-state index contributed by atoms with van der Waals surface area (Å²) in [6.07, 6.45) is 3.90. The van der Waals surface area contributed by atoms with Crippen molar-refractivity contribution in [3.8, 4) is 0 Å². The molecule has 6 nitrogen and oxygen atoms in total. The maximum Gasteiger partial charge on any atom is 0.194 e. The summed E-state index contributed by atoms with van der Waals surface area (Å²) in [4.78, 5) is 13.8. The monoisotopic (exact) mass is 402 g/mol. The summed E-state index contributed by atoms with van der Waals surface area (Å²) in [5, 5.41) is 3.51. The van der Waals surface area contributed by atoms with E-state index in [1.54, 1.807) is 0 Å². The molecule has 1 fully saturated rings. The van der Waals surface area contributed by atoms with E-state index in [-0.39, 0.29) is 0 Å². The number of aromatic nitrogens is 2. The molecule has 156 valence electrons. The van der Waals surface area contributed by atoms with Crippen molar-refractivity contribution in [3.63, 3.8) is 0 Å². The number of piperazine rings is 1. The molecule has 0 bridgehead atoms. The van der Waals surface area contributed by atoms with Gasteiger partial charge in [0.25, 0.3) is 0 Å². The first-order valence-corrected chi connectivity index (χ1v) is 10.5. The summed E-state index contributed by atoms with van der Waals surface area (Å²) < 4.78 is 2.19. The normalized spacial score (nSPS) is 14.8. The lowest BCUT2D eigenvalue weighted by atomic mass is 10.2. The summed E-state index contributed by atoms with van der Waals surface area (Å²) in [6, 6.07) is 19.2. The van der Waals surface area contributed by atoms with E-state index in [0.29, 0.717) is 6.54 Å². The molecule has 0 aliphatic carbocycles. The number of imidazole rings is 1. The van der Waals surface area contributed by atoms with Crippen LogP contribution in [-0.2, 0) is 13.1 Å². The second-order valence-electron chi connectivity index (χ2n) is 7.67. The molecule has 1 aromatic heterocycles. The van der Waals surface area contributed by atoms with Crippen molar-refractivity contribution < 1.29 is 0 Å². The molecule has 1 saturated heterocycles. The van der Waals surface area contributed by atoms with Gasteiger partial charge in [0.05, 0.1) is 6.54 Å². The molecular weight excluding hydrogens is 372 g/mol. The molecule has 3 aromatic rings. The Kier molecular flexibility index (Phi) is 6.32. The highest BCUT2D eigenvalue weighted by Crippen LogP contribution is 2.18. The van der Waals surface area contributed by atoms with E-state index >= 15 is 0 Å². The van der Waals surface area contributed by atoms with E-state index < -0.39 is 0 Å². The van der Waals surface area contributed by atoms with Gasteiger partial charge in [-0.25, -0.2) is 4.98 Å². The van der Waals surface area contributed by atoms with Gasteiger partial charge in [0.15, 0.2) is 5.96 Å². The van der Waals surface area contributed by atoms with Crippen molar-refractivity contribution in [3.05, 3.63) is 83.9 Å².